The van der Waals surface area contributed by atoms with E-state index in [0.29, 0.717) is 6.42 Å². The van der Waals surface area contributed by atoms with Gasteiger partial charge in [-0.15, -0.1) is 0 Å². The Morgan fingerprint density at radius 2 is 2.00 bits per heavy atom. The molecule has 1 saturated carbocycles. The molecular formula is C19H30O5. The fourth-order valence-corrected chi connectivity index (χ4v) is 4.13. The van der Waals surface area contributed by atoms with E-state index in [2.05, 4.69) is 0 Å². The third-order valence-electron chi connectivity index (χ3n) is 6.12. The first-order valence-corrected chi connectivity index (χ1v) is 8.84. The number of carbonyl (C=O) groups is 2. The van der Waals surface area contributed by atoms with E-state index in [0.717, 1.165) is 18.4 Å². The van der Waals surface area contributed by atoms with E-state index < -0.39 is 29.5 Å². The van der Waals surface area contributed by atoms with Crippen LogP contribution in [0.3, 0.4) is 0 Å². The van der Waals surface area contributed by atoms with E-state index in [1.54, 1.807) is 13.8 Å². The number of hydrogen-bond acceptors (Lipinski definition) is 5. The molecule has 136 valence electrons. The zero-order valence-corrected chi connectivity index (χ0v) is 15.3. The molecule has 0 radical (unpaired) electrons. The molecule has 2 aliphatic rings. The lowest BCUT2D eigenvalue weighted by atomic mass is 9.62. The molecule has 0 bridgehead atoms. The van der Waals surface area contributed by atoms with E-state index in [4.69, 9.17) is 4.74 Å². The van der Waals surface area contributed by atoms with E-state index in [9.17, 15) is 19.8 Å². The van der Waals surface area contributed by atoms with Gasteiger partial charge in [-0.2, -0.15) is 0 Å². The third-order valence-corrected chi connectivity index (χ3v) is 6.12. The zero-order chi connectivity index (χ0) is 18.2. The van der Waals surface area contributed by atoms with E-state index in [1.807, 2.05) is 20.8 Å². The van der Waals surface area contributed by atoms with Crippen LogP contribution in [0, 0.1) is 17.3 Å². The third kappa shape index (κ3) is 3.42. The van der Waals surface area contributed by atoms with Crippen molar-refractivity contribution in [2.24, 2.45) is 17.3 Å². The van der Waals surface area contributed by atoms with Gasteiger partial charge in [-0.3, -0.25) is 9.59 Å². The molecule has 0 saturated heterocycles. The minimum atomic E-state index is -1.10. The number of aliphatic hydroxyl groups excluding tert-OH is 2. The maximum atomic E-state index is 12.6. The Balaban J connectivity index is 2.02. The van der Waals surface area contributed by atoms with E-state index >= 15 is 0 Å². The molecule has 0 aromatic rings. The van der Waals surface area contributed by atoms with Gasteiger partial charge in [-0.25, -0.2) is 0 Å². The summed E-state index contributed by atoms with van der Waals surface area (Å²) in [6.07, 6.45) is -0.112. The van der Waals surface area contributed by atoms with E-state index in [-0.39, 0.29) is 24.2 Å². The molecule has 0 heterocycles. The second kappa shape index (κ2) is 6.96. The van der Waals surface area contributed by atoms with Crippen LogP contribution in [0.5, 0.6) is 0 Å². The summed E-state index contributed by atoms with van der Waals surface area (Å²) in [5.41, 5.74) is 1.32. The number of rotatable bonds is 4. The van der Waals surface area contributed by atoms with Gasteiger partial charge in [-0.1, -0.05) is 26.3 Å². The van der Waals surface area contributed by atoms with Crippen molar-refractivity contribution >= 4 is 11.8 Å². The summed E-state index contributed by atoms with van der Waals surface area (Å²) in [7, 11) is 0. The SMILES string of the molecule is CC1=C(C)[C@@H](OC(=O)C[C@H](O)[C@@]2(C)CC(C)[C@H](O)[C@@H](C)C2=O)CC1. The zero-order valence-electron chi connectivity index (χ0n) is 15.3. The predicted octanol–water partition coefficient (Wildman–Crippen LogP) is 2.39. The highest BCUT2D eigenvalue weighted by atomic mass is 16.5. The highest BCUT2D eigenvalue weighted by molar-refractivity contribution is 5.89. The molecule has 2 aliphatic carbocycles. The molecule has 2 N–H and O–H groups in total. The molecule has 1 unspecified atom stereocenters. The summed E-state index contributed by atoms with van der Waals surface area (Å²) in [5.74, 6) is -1.29. The summed E-state index contributed by atoms with van der Waals surface area (Å²) < 4.78 is 5.49. The van der Waals surface area contributed by atoms with Crippen LogP contribution in [0.4, 0.5) is 0 Å². The maximum absolute atomic E-state index is 12.6. The van der Waals surface area contributed by atoms with Gasteiger partial charge in [0.1, 0.15) is 11.9 Å². The molecule has 5 nitrogen and oxygen atoms in total. The minimum Gasteiger partial charge on any atom is -0.458 e. The first-order chi connectivity index (χ1) is 11.1. The predicted molar refractivity (Wildman–Crippen MR) is 90.2 cm³/mol. The number of aliphatic hydroxyl groups is 2. The van der Waals surface area contributed by atoms with E-state index in [1.165, 1.54) is 5.57 Å². The number of ketones is 1. The van der Waals surface area contributed by atoms with Crippen LogP contribution < -0.4 is 0 Å². The average Bonchev–Trinajstić information content (AvgIpc) is 2.82. The summed E-state index contributed by atoms with van der Waals surface area (Å²) in [6, 6.07) is 0. The standard InChI is InChI=1S/C19H30O5/c1-10-6-7-14(12(10)3)24-16(21)8-15(20)19(5)9-11(2)17(22)13(4)18(19)23/h11,13-15,17,20,22H,6-9H2,1-5H3/t11?,13-,14+,15+,17+,19-/m1/s1. The van der Waals surface area contributed by atoms with Crippen molar-refractivity contribution < 1.29 is 24.5 Å². The van der Waals surface area contributed by atoms with Crippen molar-refractivity contribution in [1.29, 1.82) is 0 Å². The topological polar surface area (TPSA) is 83.8 Å². The molecule has 0 spiro atoms. The summed E-state index contributed by atoms with van der Waals surface area (Å²) in [4.78, 5) is 24.8. The molecule has 0 aromatic carbocycles. The highest BCUT2D eigenvalue weighted by Crippen LogP contribution is 2.42. The minimum absolute atomic E-state index is 0.101. The van der Waals surface area contributed by atoms with Gasteiger partial charge in [-0.05, 0) is 44.6 Å². The maximum Gasteiger partial charge on any atom is 0.309 e. The summed E-state index contributed by atoms with van der Waals surface area (Å²) in [5, 5.41) is 20.6. The Kier molecular flexibility index (Phi) is 5.55. The monoisotopic (exact) mass is 338 g/mol. The number of ether oxygens (including phenoxy) is 1. The van der Waals surface area contributed by atoms with Gasteiger partial charge in [0, 0.05) is 5.92 Å². The first-order valence-electron chi connectivity index (χ1n) is 8.84. The van der Waals surface area contributed by atoms with Crippen molar-refractivity contribution in [3.63, 3.8) is 0 Å². The van der Waals surface area contributed by atoms with Crippen LogP contribution >= 0.6 is 0 Å². The fraction of sp³-hybridized carbons (Fsp3) is 0.789. The average molecular weight is 338 g/mol. The molecular weight excluding hydrogens is 308 g/mol. The Morgan fingerprint density at radius 1 is 1.38 bits per heavy atom. The van der Waals surface area contributed by atoms with Gasteiger partial charge in [0.25, 0.3) is 0 Å². The largest absolute Gasteiger partial charge is 0.458 e. The lowest BCUT2D eigenvalue weighted by Gasteiger charge is -2.44. The Bertz CT molecular complexity index is 552. The van der Waals surface area contributed by atoms with Crippen LogP contribution in [-0.4, -0.2) is 40.3 Å². The van der Waals surface area contributed by atoms with Gasteiger partial charge < -0.3 is 14.9 Å². The van der Waals surface area contributed by atoms with Crippen molar-refractivity contribution in [3.05, 3.63) is 11.1 Å². The molecule has 5 heteroatoms. The second-order valence-corrected chi connectivity index (χ2v) is 7.94. The lowest BCUT2D eigenvalue weighted by Crippen LogP contribution is -2.53. The molecule has 0 aromatic heterocycles. The van der Waals surface area contributed by atoms with Gasteiger partial charge in [0.05, 0.1) is 24.0 Å². The second-order valence-electron chi connectivity index (χ2n) is 7.94. The van der Waals surface area contributed by atoms with Crippen molar-refractivity contribution in [1.82, 2.24) is 0 Å². The van der Waals surface area contributed by atoms with Gasteiger partial charge >= 0.3 is 5.97 Å². The quantitative estimate of drug-likeness (QED) is 0.607. The summed E-state index contributed by atoms with van der Waals surface area (Å²) >= 11 is 0. The van der Waals surface area contributed by atoms with Crippen molar-refractivity contribution in [2.45, 2.75) is 78.6 Å². The van der Waals surface area contributed by atoms with Crippen LogP contribution in [0.1, 0.15) is 60.3 Å². The molecule has 24 heavy (non-hydrogen) atoms. The fourth-order valence-electron chi connectivity index (χ4n) is 4.13. The Hall–Kier alpha value is -1.20. The smallest absolute Gasteiger partial charge is 0.309 e. The molecule has 1 fully saturated rings. The number of carbonyl (C=O) groups excluding carboxylic acids is 2. The number of esters is 1. The lowest BCUT2D eigenvalue weighted by molar-refractivity contribution is -0.160. The Labute approximate surface area is 144 Å². The van der Waals surface area contributed by atoms with Crippen LogP contribution in [0.2, 0.25) is 0 Å². The molecule has 0 amide bonds. The molecule has 6 atom stereocenters. The Morgan fingerprint density at radius 3 is 2.54 bits per heavy atom. The molecule has 0 aliphatic heterocycles. The van der Waals surface area contributed by atoms with Gasteiger partial charge in [0.2, 0.25) is 0 Å². The van der Waals surface area contributed by atoms with Crippen molar-refractivity contribution in [3.8, 4) is 0 Å². The summed E-state index contributed by atoms with van der Waals surface area (Å²) in [6.45, 7) is 9.24. The number of hydrogen-bond donors (Lipinski definition) is 2. The molecule has 2 rings (SSSR count). The van der Waals surface area contributed by atoms with Gasteiger partial charge in [0.15, 0.2) is 0 Å². The highest BCUT2D eigenvalue weighted by Gasteiger charge is 2.51. The van der Waals surface area contributed by atoms with Crippen LogP contribution in [-0.2, 0) is 14.3 Å². The van der Waals surface area contributed by atoms with Crippen LogP contribution in [0.25, 0.3) is 0 Å². The normalized spacial score (nSPS) is 38.4. The van der Waals surface area contributed by atoms with Crippen molar-refractivity contribution in [2.75, 3.05) is 0 Å². The number of Topliss-reactive ketones (excluding diaryl/α,β-unsaturated/α-hetero) is 1. The van der Waals surface area contributed by atoms with Crippen LogP contribution in [0.15, 0.2) is 11.1 Å². The number of allylic oxidation sites excluding steroid dienone is 1. The first kappa shape index (κ1) is 19.1.